The second kappa shape index (κ2) is 5.09. The molecule has 0 fully saturated rings. The molecule has 0 unspecified atom stereocenters. The first-order chi connectivity index (χ1) is 9.74. The van der Waals surface area contributed by atoms with Crippen molar-refractivity contribution in [1.82, 2.24) is 19.3 Å². The zero-order chi connectivity index (χ0) is 14.1. The molecule has 104 valence electrons. The van der Waals surface area contributed by atoms with Gasteiger partial charge in [0.25, 0.3) is 0 Å². The first-order valence-corrected chi connectivity index (χ1v) is 6.92. The highest BCUT2D eigenvalue weighted by molar-refractivity contribution is 5.80. The lowest BCUT2D eigenvalue weighted by atomic mass is 10.2. The molecule has 0 bridgehead atoms. The number of hydrogen-bond acceptors (Lipinski definition) is 3. The van der Waals surface area contributed by atoms with Crippen LogP contribution in [-0.4, -0.2) is 19.3 Å². The topological polar surface area (TPSA) is 61.7 Å². The molecule has 5 nitrogen and oxygen atoms in total. The van der Waals surface area contributed by atoms with Gasteiger partial charge in [0.1, 0.15) is 5.69 Å². The molecule has 1 aromatic carbocycles. The van der Waals surface area contributed by atoms with E-state index in [1.807, 2.05) is 17.8 Å². The number of aryl methyl sites for hydroxylation is 2. The van der Waals surface area contributed by atoms with Crippen LogP contribution in [0.5, 0.6) is 0 Å². The van der Waals surface area contributed by atoms with Crippen molar-refractivity contribution in [2.75, 3.05) is 0 Å². The third-order valence-electron chi connectivity index (χ3n) is 3.55. The predicted molar refractivity (Wildman–Crippen MR) is 80.1 cm³/mol. The summed E-state index contributed by atoms with van der Waals surface area (Å²) in [5, 5.41) is 4.24. The molecule has 2 N–H and O–H groups in total. The Morgan fingerprint density at radius 1 is 1.25 bits per heavy atom. The smallest absolute Gasteiger partial charge is 0.159 e. The molecule has 3 rings (SSSR count). The minimum absolute atomic E-state index is 0.539. The van der Waals surface area contributed by atoms with Crippen molar-refractivity contribution in [3.63, 3.8) is 0 Å². The number of nitrogens with two attached hydrogens (primary N) is 1. The second-order valence-electron chi connectivity index (χ2n) is 4.95. The van der Waals surface area contributed by atoms with Gasteiger partial charge in [0, 0.05) is 26.3 Å². The molecular formula is C15H19N5. The van der Waals surface area contributed by atoms with Gasteiger partial charge in [0.05, 0.1) is 11.0 Å². The Labute approximate surface area is 118 Å². The van der Waals surface area contributed by atoms with Gasteiger partial charge >= 0.3 is 0 Å². The summed E-state index contributed by atoms with van der Waals surface area (Å²) in [5.41, 5.74) is 10.0. The summed E-state index contributed by atoms with van der Waals surface area (Å²) in [6.45, 7) is 3.66. The highest BCUT2D eigenvalue weighted by Gasteiger charge is 2.14. The fraction of sp³-hybridized carbons (Fsp3) is 0.333. The van der Waals surface area contributed by atoms with E-state index >= 15 is 0 Å². The number of imidazole rings is 1. The van der Waals surface area contributed by atoms with Gasteiger partial charge < -0.3 is 10.3 Å². The van der Waals surface area contributed by atoms with Gasteiger partial charge in [-0.3, -0.25) is 4.68 Å². The van der Waals surface area contributed by atoms with Crippen molar-refractivity contribution >= 4 is 11.0 Å². The van der Waals surface area contributed by atoms with Gasteiger partial charge in [0.15, 0.2) is 5.82 Å². The fourth-order valence-corrected chi connectivity index (χ4v) is 2.54. The maximum absolute atomic E-state index is 5.71. The van der Waals surface area contributed by atoms with Crippen LogP contribution in [0.2, 0.25) is 0 Å². The monoisotopic (exact) mass is 269 g/mol. The number of aromatic nitrogens is 4. The Hall–Kier alpha value is -2.14. The van der Waals surface area contributed by atoms with E-state index in [1.54, 1.807) is 6.20 Å². The zero-order valence-corrected chi connectivity index (χ0v) is 11.9. The van der Waals surface area contributed by atoms with Crippen LogP contribution >= 0.6 is 0 Å². The third-order valence-corrected chi connectivity index (χ3v) is 3.55. The molecule has 0 aliphatic carbocycles. The standard InChI is InChI=1S/C15H19N5/c1-3-8-20-13-5-4-11(10-16)9-12(13)18-15(20)14-6-7-17-19(14)2/h4-7,9H,3,8,10,16H2,1-2H3. The van der Waals surface area contributed by atoms with Crippen LogP contribution in [-0.2, 0) is 20.1 Å². The Kier molecular flexibility index (Phi) is 3.28. The molecule has 0 spiro atoms. The van der Waals surface area contributed by atoms with E-state index < -0.39 is 0 Å². The number of fused-ring (bicyclic) bond motifs is 1. The summed E-state index contributed by atoms with van der Waals surface area (Å²) in [5.74, 6) is 0.969. The average molecular weight is 269 g/mol. The van der Waals surface area contributed by atoms with Crippen molar-refractivity contribution in [3.05, 3.63) is 36.0 Å². The van der Waals surface area contributed by atoms with E-state index in [4.69, 9.17) is 10.7 Å². The Bertz CT molecular complexity index is 738. The first-order valence-electron chi connectivity index (χ1n) is 6.92. The summed E-state index contributed by atoms with van der Waals surface area (Å²) < 4.78 is 4.11. The van der Waals surface area contributed by atoms with Gasteiger partial charge in [-0.05, 0) is 30.2 Å². The molecule has 0 atom stereocenters. The largest absolute Gasteiger partial charge is 0.326 e. The number of rotatable bonds is 4. The quantitative estimate of drug-likeness (QED) is 0.790. The van der Waals surface area contributed by atoms with E-state index in [1.165, 1.54) is 0 Å². The lowest BCUT2D eigenvalue weighted by Gasteiger charge is -2.07. The van der Waals surface area contributed by atoms with Gasteiger partial charge in [-0.1, -0.05) is 13.0 Å². The van der Waals surface area contributed by atoms with Crippen LogP contribution in [0.4, 0.5) is 0 Å². The van der Waals surface area contributed by atoms with E-state index in [9.17, 15) is 0 Å². The number of nitrogens with zero attached hydrogens (tertiary/aromatic N) is 4. The van der Waals surface area contributed by atoms with Crippen LogP contribution in [0.15, 0.2) is 30.5 Å². The van der Waals surface area contributed by atoms with Gasteiger partial charge in [-0.2, -0.15) is 5.10 Å². The maximum atomic E-state index is 5.71. The third kappa shape index (κ3) is 2.00. The van der Waals surface area contributed by atoms with Gasteiger partial charge in [-0.25, -0.2) is 4.98 Å². The van der Waals surface area contributed by atoms with Crippen LogP contribution in [0.1, 0.15) is 18.9 Å². The van der Waals surface area contributed by atoms with E-state index in [0.29, 0.717) is 6.54 Å². The van der Waals surface area contributed by atoms with Gasteiger partial charge in [-0.15, -0.1) is 0 Å². The Morgan fingerprint density at radius 2 is 2.10 bits per heavy atom. The van der Waals surface area contributed by atoms with Crippen molar-refractivity contribution in [2.24, 2.45) is 12.8 Å². The van der Waals surface area contributed by atoms with E-state index in [0.717, 1.165) is 41.1 Å². The van der Waals surface area contributed by atoms with E-state index in [2.05, 4.69) is 34.8 Å². The predicted octanol–water partition coefficient (Wildman–Crippen LogP) is 2.31. The van der Waals surface area contributed by atoms with Crippen molar-refractivity contribution < 1.29 is 0 Å². The minimum atomic E-state index is 0.539. The van der Waals surface area contributed by atoms with Crippen molar-refractivity contribution in [2.45, 2.75) is 26.4 Å². The first kappa shape index (κ1) is 12.9. The van der Waals surface area contributed by atoms with E-state index in [-0.39, 0.29) is 0 Å². The summed E-state index contributed by atoms with van der Waals surface area (Å²) in [7, 11) is 1.94. The fourth-order valence-electron chi connectivity index (χ4n) is 2.54. The second-order valence-corrected chi connectivity index (χ2v) is 4.95. The Morgan fingerprint density at radius 3 is 2.75 bits per heavy atom. The molecule has 0 aliphatic heterocycles. The van der Waals surface area contributed by atoms with Crippen molar-refractivity contribution in [3.8, 4) is 11.5 Å². The van der Waals surface area contributed by atoms with Crippen LogP contribution < -0.4 is 5.73 Å². The molecule has 3 aromatic rings. The van der Waals surface area contributed by atoms with Crippen LogP contribution in [0, 0.1) is 0 Å². The number of benzene rings is 1. The minimum Gasteiger partial charge on any atom is -0.326 e. The lowest BCUT2D eigenvalue weighted by molar-refractivity contribution is 0.691. The molecule has 2 heterocycles. The van der Waals surface area contributed by atoms with Crippen LogP contribution in [0.25, 0.3) is 22.6 Å². The summed E-state index contributed by atoms with van der Waals surface area (Å²) in [6.07, 6.45) is 2.87. The highest BCUT2D eigenvalue weighted by atomic mass is 15.3. The molecule has 2 aromatic heterocycles. The lowest BCUT2D eigenvalue weighted by Crippen LogP contribution is -2.03. The molecule has 20 heavy (non-hydrogen) atoms. The molecule has 0 amide bonds. The summed E-state index contributed by atoms with van der Waals surface area (Å²) >= 11 is 0. The SMILES string of the molecule is CCCn1c(-c2ccnn2C)nc2cc(CN)ccc21. The molecule has 0 saturated carbocycles. The zero-order valence-electron chi connectivity index (χ0n) is 11.9. The normalized spacial score (nSPS) is 11.3. The Balaban J connectivity index is 2.25. The highest BCUT2D eigenvalue weighted by Crippen LogP contribution is 2.25. The molecule has 0 aliphatic rings. The maximum Gasteiger partial charge on any atom is 0.159 e. The average Bonchev–Trinajstić information content (AvgIpc) is 3.02. The summed E-state index contributed by atoms with van der Waals surface area (Å²) in [4.78, 5) is 4.79. The number of hydrogen-bond donors (Lipinski definition) is 1. The van der Waals surface area contributed by atoms with Gasteiger partial charge in [0.2, 0.25) is 0 Å². The summed E-state index contributed by atoms with van der Waals surface area (Å²) in [6, 6.07) is 8.25. The molecule has 0 saturated heterocycles. The van der Waals surface area contributed by atoms with Crippen molar-refractivity contribution in [1.29, 1.82) is 0 Å². The molecule has 0 radical (unpaired) electrons. The molecular weight excluding hydrogens is 250 g/mol. The van der Waals surface area contributed by atoms with Crippen LogP contribution in [0.3, 0.4) is 0 Å². The molecule has 5 heteroatoms.